The summed E-state index contributed by atoms with van der Waals surface area (Å²) in [6.07, 6.45) is 0.333. The van der Waals surface area contributed by atoms with Crippen molar-refractivity contribution in [3.8, 4) is 11.3 Å². The summed E-state index contributed by atoms with van der Waals surface area (Å²) in [6, 6.07) is 15.2. The summed E-state index contributed by atoms with van der Waals surface area (Å²) in [6.45, 7) is 0. The van der Waals surface area contributed by atoms with Crippen LogP contribution in [0.15, 0.2) is 69.2 Å². The van der Waals surface area contributed by atoms with E-state index in [1.54, 1.807) is 41.8 Å². The summed E-state index contributed by atoms with van der Waals surface area (Å²) < 4.78 is 5.35. The second-order valence-electron chi connectivity index (χ2n) is 7.15. The predicted molar refractivity (Wildman–Crippen MR) is 120 cm³/mol. The number of hydrogen-bond donors (Lipinski definition) is 1. The molecule has 158 valence electrons. The lowest BCUT2D eigenvalue weighted by atomic mass is 10.1. The van der Waals surface area contributed by atoms with Crippen LogP contribution >= 0.6 is 11.3 Å². The summed E-state index contributed by atoms with van der Waals surface area (Å²) >= 11 is 1.17. The van der Waals surface area contributed by atoms with Crippen molar-refractivity contribution in [1.29, 1.82) is 0 Å². The third kappa shape index (κ3) is 3.58. The molecule has 0 saturated carbocycles. The van der Waals surface area contributed by atoms with E-state index >= 15 is 0 Å². The molecule has 9 heteroatoms. The first-order valence-corrected chi connectivity index (χ1v) is 10.6. The number of rotatable bonds is 4. The molecule has 1 aliphatic heterocycles. The Morgan fingerprint density at radius 1 is 1.00 bits per heavy atom. The Balaban J connectivity index is 1.38. The molecule has 2 aromatic carbocycles. The van der Waals surface area contributed by atoms with Crippen LogP contribution in [0, 0.1) is 0 Å². The third-order valence-corrected chi connectivity index (χ3v) is 5.82. The van der Waals surface area contributed by atoms with Crippen molar-refractivity contribution in [2.24, 2.45) is 0 Å². The molecule has 0 bridgehead atoms. The second-order valence-corrected chi connectivity index (χ2v) is 8.01. The van der Waals surface area contributed by atoms with Gasteiger partial charge < -0.3 is 4.42 Å². The fourth-order valence-electron chi connectivity index (χ4n) is 3.52. The Hall–Kier alpha value is -4.11. The van der Waals surface area contributed by atoms with Crippen LogP contribution in [0.2, 0.25) is 0 Å². The first-order valence-electron chi connectivity index (χ1n) is 9.75. The summed E-state index contributed by atoms with van der Waals surface area (Å²) in [4.78, 5) is 54.4. The zero-order valence-electron chi connectivity index (χ0n) is 16.5. The van der Waals surface area contributed by atoms with Crippen LogP contribution in [0.1, 0.15) is 23.2 Å². The maximum absolute atomic E-state index is 12.7. The molecule has 0 spiro atoms. The van der Waals surface area contributed by atoms with Gasteiger partial charge in [-0.25, -0.2) is 9.78 Å². The van der Waals surface area contributed by atoms with E-state index < -0.39 is 11.5 Å². The maximum Gasteiger partial charge on any atom is 0.345 e. The number of anilines is 2. The number of carbonyl (C=O) groups is 3. The quantitative estimate of drug-likeness (QED) is 0.378. The van der Waals surface area contributed by atoms with E-state index in [1.165, 1.54) is 17.4 Å². The molecule has 1 aliphatic rings. The normalized spacial score (nSPS) is 13.7. The smallest absolute Gasteiger partial charge is 0.345 e. The highest BCUT2D eigenvalue weighted by molar-refractivity contribution is 7.14. The highest BCUT2D eigenvalue weighted by atomic mass is 32.1. The van der Waals surface area contributed by atoms with Crippen LogP contribution in [0.3, 0.4) is 0 Å². The van der Waals surface area contributed by atoms with Crippen molar-refractivity contribution in [1.82, 2.24) is 4.98 Å². The van der Waals surface area contributed by atoms with Gasteiger partial charge in [-0.2, -0.15) is 0 Å². The molecule has 0 atom stereocenters. The second kappa shape index (κ2) is 7.86. The van der Waals surface area contributed by atoms with Crippen molar-refractivity contribution < 1.29 is 18.8 Å². The lowest BCUT2D eigenvalue weighted by molar-refractivity contribution is -0.121. The van der Waals surface area contributed by atoms with Crippen molar-refractivity contribution >= 4 is 50.8 Å². The van der Waals surface area contributed by atoms with Crippen molar-refractivity contribution in [3.05, 3.63) is 76.0 Å². The van der Waals surface area contributed by atoms with Crippen molar-refractivity contribution in [2.75, 3.05) is 10.2 Å². The number of fused-ring (bicyclic) bond motifs is 1. The van der Waals surface area contributed by atoms with E-state index in [2.05, 4.69) is 10.3 Å². The number of aromatic nitrogens is 1. The Labute approximate surface area is 185 Å². The number of nitrogens with one attached hydrogen (secondary N) is 1. The number of nitrogens with zero attached hydrogens (tertiary/aromatic N) is 2. The molecule has 0 unspecified atom stereocenters. The summed E-state index contributed by atoms with van der Waals surface area (Å²) in [7, 11) is 0. The predicted octanol–water partition coefficient (Wildman–Crippen LogP) is 3.82. The minimum absolute atomic E-state index is 0.167. The van der Waals surface area contributed by atoms with E-state index in [1.807, 2.05) is 12.1 Å². The topological polar surface area (TPSA) is 110 Å². The van der Waals surface area contributed by atoms with Gasteiger partial charge in [0.2, 0.25) is 11.8 Å². The van der Waals surface area contributed by atoms with E-state index in [0.717, 1.165) is 10.3 Å². The molecular formula is C23H15N3O5S. The van der Waals surface area contributed by atoms with Crippen LogP contribution < -0.4 is 15.8 Å². The van der Waals surface area contributed by atoms with Gasteiger partial charge in [-0.3, -0.25) is 24.6 Å². The third-order valence-electron chi connectivity index (χ3n) is 5.06. The molecule has 1 N–H and O–H groups in total. The Bertz CT molecular complexity index is 1440. The van der Waals surface area contributed by atoms with Gasteiger partial charge >= 0.3 is 5.63 Å². The zero-order chi connectivity index (χ0) is 22.2. The van der Waals surface area contributed by atoms with Gasteiger partial charge in [-0.15, -0.1) is 11.3 Å². The van der Waals surface area contributed by atoms with Crippen molar-refractivity contribution in [3.63, 3.8) is 0 Å². The van der Waals surface area contributed by atoms with Gasteiger partial charge in [-0.1, -0.05) is 24.3 Å². The largest absolute Gasteiger partial charge is 0.422 e. The average Bonchev–Trinajstić information content (AvgIpc) is 3.39. The van der Waals surface area contributed by atoms with Gasteiger partial charge in [0.25, 0.3) is 5.91 Å². The number of hydrogen-bond acceptors (Lipinski definition) is 7. The van der Waals surface area contributed by atoms with Gasteiger partial charge in [0.05, 0.1) is 16.9 Å². The first-order chi connectivity index (χ1) is 15.5. The summed E-state index contributed by atoms with van der Waals surface area (Å²) in [5.74, 6) is -1.02. The van der Waals surface area contributed by atoms with Gasteiger partial charge in [-0.05, 0) is 30.3 Å². The minimum atomic E-state index is -0.514. The fraction of sp³-hybridized carbons (Fsp3) is 0.0870. The van der Waals surface area contributed by atoms with Crippen LogP contribution in [-0.2, 0) is 9.59 Å². The van der Waals surface area contributed by atoms with Crippen LogP contribution in [0.25, 0.3) is 22.2 Å². The number of imide groups is 1. The summed E-state index contributed by atoms with van der Waals surface area (Å²) in [5, 5.41) is 5.42. The van der Waals surface area contributed by atoms with E-state index in [9.17, 15) is 19.2 Å². The molecule has 2 aromatic heterocycles. The maximum atomic E-state index is 12.7. The highest BCUT2D eigenvalue weighted by Crippen LogP contribution is 2.27. The molecule has 0 radical (unpaired) electrons. The van der Waals surface area contributed by atoms with Crippen LogP contribution in [0.4, 0.5) is 10.8 Å². The molecule has 3 heterocycles. The monoisotopic (exact) mass is 445 g/mol. The lowest BCUT2D eigenvalue weighted by Gasteiger charge is -2.14. The minimum Gasteiger partial charge on any atom is -0.422 e. The van der Waals surface area contributed by atoms with E-state index in [-0.39, 0.29) is 30.2 Å². The highest BCUT2D eigenvalue weighted by Gasteiger charge is 2.30. The van der Waals surface area contributed by atoms with E-state index in [4.69, 9.17) is 4.42 Å². The number of amides is 3. The molecular weight excluding hydrogens is 430 g/mol. The molecule has 4 aromatic rings. The SMILES string of the molecule is O=C(Nc1nc(-c2cc3ccccc3oc2=O)cs1)c1cccc(N2C(=O)CCC2=O)c1. The molecule has 1 fully saturated rings. The number of thiazole rings is 1. The van der Waals surface area contributed by atoms with Crippen molar-refractivity contribution in [2.45, 2.75) is 12.8 Å². The Morgan fingerprint density at radius 2 is 1.78 bits per heavy atom. The van der Waals surface area contributed by atoms with E-state index in [0.29, 0.717) is 27.7 Å². The zero-order valence-corrected chi connectivity index (χ0v) is 17.3. The lowest BCUT2D eigenvalue weighted by Crippen LogP contribution is -2.28. The van der Waals surface area contributed by atoms with Gasteiger partial charge in [0.15, 0.2) is 5.13 Å². The Morgan fingerprint density at radius 3 is 2.59 bits per heavy atom. The van der Waals surface area contributed by atoms with Crippen LogP contribution in [-0.4, -0.2) is 22.7 Å². The molecule has 8 nitrogen and oxygen atoms in total. The Kier molecular flexibility index (Phi) is 4.87. The number of benzene rings is 2. The number of para-hydroxylation sites is 1. The fourth-order valence-corrected chi connectivity index (χ4v) is 4.22. The average molecular weight is 445 g/mol. The molecule has 5 rings (SSSR count). The van der Waals surface area contributed by atoms with Gasteiger partial charge in [0.1, 0.15) is 5.58 Å². The van der Waals surface area contributed by atoms with Crippen LogP contribution in [0.5, 0.6) is 0 Å². The molecule has 32 heavy (non-hydrogen) atoms. The molecule has 3 amide bonds. The summed E-state index contributed by atoms with van der Waals surface area (Å²) in [5.41, 5.74) is 1.30. The standard InChI is InChI=1S/C23H15N3O5S/c27-19-8-9-20(28)26(19)15-6-3-5-14(10-15)21(29)25-23-24-17(12-32-23)16-11-13-4-1-2-7-18(13)31-22(16)30/h1-7,10-12H,8-9H2,(H,24,25,29). The number of carbonyl (C=O) groups excluding carboxylic acids is 3. The van der Waals surface area contributed by atoms with Gasteiger partial charge in [0, 0.05) is 29.2 Å². The molecule has 0 aliphatic carbocycles. The molecule has 1 saturated heterocycles. The first kappa shape index (κ1) is 19.8.